The number of nitrogens with one attached hydrogen (secondary N) is 2. The van der Waals surface area contributed by atoms with Crippen LogP contribution in [0.1, 0.15) is 31.1 Å². The molecule has 1 amide bonds. The maximum absolute atomic E-state index is 12.4. The molecule has 2 aromatic rings. The minimum atomic E-state index is -3.71. The summed E-state index contributed by atoms with van der Waals surface area (Å²) in [6.45, 7) is 5.23. The van der Waals surface area contributed by atoms with E-state index in [2.05, 4.69) is 20.0 Å². The molecule has 2 rings (SSSR count). The highest BCUT2D eigenvalue weighted by atomic mass is 35.5. The largest absolute Gasteiger partial charge is 0.365 e. The molecule has 0 radical (unpaired) electrons. The first-order chi connectivity index (χ1) is 11.5. The fourth-order valence-electron chi connectivity index (χ4n) is 1.98. The molecule has 1 heterocycles. The Morgan fingerprint density at radius 2 is 1.96 bits per heavy atom. The van der Waals surface area contributed by atoms with E-state index in [1.54, 1.807) is 32.9 Å². The van der Waals surface area contributed by atoms with Crippen molar-refractivity contribution in [1.29, 1.82) is 0 Å². The van der Waals surface area contributed by atoms with E-state index in [-0.39, 0.29) is 21.6 Å². The quantitative estimate of drug-likeness (QED) is 0.678. The number of sulfonamides is 1. The standard InChI is InChI=1S/C15H18ClN5O3S/c1-15(2,3)21-25(23,24)10-6-4-5-9(7-10)19-13-11(12(17)22)8-18-14(16)20-13/h4-8,21H,1-3H3,(H2,17,22)(H,18,19,20). The maximum Gasteiger partial charge on any atom is 0.254 e. The topological polar surface area (TPSA) is 127 Å². The number of nitrogens with two attached hydrogens (primary N) is 1. The van der Waals surface area contributed by atoms with Gasteiger partial charge in [-0.25, -0.2) is 18.1 Å². The Hall–Kier alpha value is -2.23. The van der Waals surface area contributed by atoms with Crippen molar-refractivity contribution >= 4 is 39.0 Å². The molecule has 0 saturated heterocycles. The van der Waals surface area contributed by atoms with E-state index in [1.807, 2.05) is 0 Å². The van der Waals surface area contributed by atoms with Gasteiger partial charge in [0.2, 0.25) is 15.3 Å². The SMILES string of the molecule is CC(C)(C)NS(=O)(=O)c1cccc(Nc2nc(Cl)ncc2C(N)=O)c1. The van der Waals surface area contributed by atoms with Crippen molar-refractivity contribution < 1.29 is 13.2 Å². The Kier molecular flexibility index (Phi) is 5.31. The Morgan fingerprint density at radius 3 is 2.56 bits per heavy atom. The second-order valence-corrected chi connectivity index (χ2v) is 8.29. The Bertz CT molecular complexity index is 910. The van der Waals surface area contributed by atoms with Gasteiger partial charge in [-0.2, -0.15) is 4.98 Å². The lowest BCUT2D eigenvalue weighted by Gasteiger charge is -2.20. The first kappa shape index (κ1) is 19.1. The van der Waals surface area contributed by atoms with Crippen LogP contribution in [0, 0.1) is 0 Å². The van der Waals surface area contributed by atoms with Crippen molar-refractivity contribution in [2.45, 2.75) is 31.2 Å². The molecule has 1 aromatic carbocycles. The number of amides is 1. The van der Waals surface area contributed by atoms with Crippen molar-refractivity contribution in [1.82, 2.24) is 14.7 Å². The van der Waals surface area contributed by atoms with Gasteiger partial charge in [0.05, 0.1) is 4.90 Å². The molecule has 25 heavy (non-hydrogen) atoms. The van der Waals surface area contributed by atoms with E-state index in [0.717, 1.165) is 0 Å². The molecule has 4 N–H and O–H groups in total. The predicted octanol–water partition coefficient (Wildman–Crippen LogP) is 2.05. The zero-order chi connectivity index (χ0) is 18.8. The van der Waals surface area contributed by atoms with Gasteiger partial charge in [-0.05, 0) is 50.6 Å². The number of aromatic nitrogens is 2. The van der Waals surface area contributed by atoms with Crippen LogP contribution in [-0.2, 0) is 10.0 Å². The van der Waals surface area contributed by atoms with Crippen LogP contribution in [0.2, 0.25) is 5.28 Å². The fraction of sp³-hybridized carbons (Fsp3) is 0.267. The molecule has 0 aliphatic rings. The molecule has 0 fully saturated rings. The summed E-state index contributed by atoms with van der Waals surface area (Å²) in [6, 6.07) is 6.05. The van der Waals surface area contributed by atoms with Gasteiger partial charge >= 0.3 is 0 Å². The molecule has 10 heteroatoms. The van der Waals surface area contributed by atoms with Crippen LogP contribution in [0.3, 0.4) is 0 Å². The van der Waals surface area contributed by atoms with Gasteiger partial charge in [0.15, 0.2) is 0 Å². The molecule has 134 valence electrons. The normalized spacial score (nSPS) is 12.0. The second kappa shape index (κ2) is 6.95. The summed E-state index contributed by atoms with van der Waals surface area (Å²) in [6.07, 6.45) is 1.20. The Balaban J connectivity index is 2.38. The van der Waals surface area contributed by atoms with Crippen LogP contribution >= 0.6 is 11.6 Å². The van der Waals surface area contributed by atoms with Crippen molar-refractivity contribution in [3.63, 3.8) is 0 Å². The van der Waals surface area contributed by atoms with Crippen LogP contribution in [0.15, 0.2) is 35.4 Å². The molecule has 0 aliphatic carbocycles. The monoisotopic (exact) mass is 383 g/mol. The minimum Gasteiger partial charge on any atom is -0.365 e. The smallest absolute Gasteiger partial charge is 0.254 e. The summed E-state index contributed by atoms with van der Waals surface area (Å²) in [5.41, 5.74) is 5.09. The number of benzene rings is 1. The number of primary amides is 1. The number of carbonyl (C=O) groups is 1. The van der Waals surface area contributed by atoms with Crippen molar-refractivity contribution in [2.75, 3.05) is 5.32 Å². The number of halogens is 1. The van der Waals surface area contributed by atoms with Crippen LogP contribution in [0.4, 0.5) is 11.5 Å². The lowest BCUT2D eigenvalue weighted by atomic mass is 10.1. The molecule has 1 aromatic heterocycles. The Morgan fingerprint density at radius 1 is 1.28 bits per heavy atom. The summed E-state index contributed by atoms with van der Waals surface area (Å²) in [5, 5.41) is 2.76. The van der Waals surface area contributed by atoms with Crippen LogP contribution in [0.25, 0.3) is 0 Å². The number of anilines is 2. The van der Waals surface area contributed by atoms with Crippen LogP contribution < -0.4 is 15.8 Å². The first-order valence-electron chi connectivity index (χ1n) is 7.21. The zero-order valence-electron chi connectivity index (χ0n) is 13.9. The molecular weight excluding hydrogens is 366 g/mol. The third-order valence-electron chi connectivity index (χ3n) is 2.87. The number of carbonyl (C=O) groups excluding carboxylic acids is 1. The van der Waals surface area contributed by atoms with E-state index in [9.17, 15) is 13.2 Å². The molecule has 8 nitrogen and oxygen atoms in total. The second-order valence-electron chi connectivity index (χ2n) is 6.27. The number of rotatable bonds is 5. The van der Waals surface area contributed by atoms with Gasteiger partial charge in [0.25, 0.3) is 5.91 Å². The van der Waals surface area contributed by atoms with E-state index in [4.69, 9.17) is 17.3 Å². The van der Waals surface area contributed by atoms with E-state index in [1.165, 1.54) is 18.3 Å². The van der Waals surface area contributed by atoms with Crippen molar-refractivity contribution in [2.24, 2.45) is 5.73 Å². The average molecular weight is 384 g/mol. The zero-order valence-corrected chi connectivity index (χ0v) is 15.4. The van der Waals surface area contributed by atoms with Crippen LogP contribution in [0.5, 0.6) is 0 Å². The summed E-state index contributed by atoms with van der Waals surface area (Å²) in [7, 11) is -3.71. The van der Waals surface area contributed by atoms with Gasteiger partial charge in [0.1, 0.15) is 11.4 Å². The summed E-state index contributed by atoms with van der Waals surface area (Å²) < 4.78 is 27.4. The highest BCUT2D eigenvalue weighted by molar-refractivity contribution is 7.89. The van der Waals surface area contributed by atoms with Gasteiger partial charge in [0, 0.05) is 17.4 Å². The molecular formula is C15H18ClN5O3S. The molecule has 0 aliphatic heterocycles. The summed E-state index contributed by atoms with van der Waals surface area (Å²) in [5.74, 6) is -0.650. The number of hydrogen-bond acceptors (Lipinski definition) is 6. The molecule has 0 unspecified atom stereocenters. The van der Waals surface area contributed by atoms with Crippen molar-refractivity contribution in [3.8, 4) is 0 Å². The third kappa shape index (κ3) is 5.12. The predicted molar refractivity (Wildman–Crippen MR) is 95.4 cm³/mol. The third-order valence-corrected chi connectivity index (χ3v) is 4.81. The Labute approximate surface area is 150 Å². The van der Waals surface area contributed by atoms with E-state index in [0.29, 0.717) is 5.69 Å². The van der Waals surface area contributed by atoms with Gasteiger partial charge in [-0.3, -0.25) is 4.79 Å². The summed E-state index contributed by atoms with van der Waals surface area (Å²) >= 11 is 5.74. The van der Waals surface area contributed by atoms with E-state index >= 15 is 0 Å². The van der Waals surface area contributed by atoms with E-state index < -0.39 is 21.5 Å². The molecule has 0 bridgehead atoms. The van der Waals surface area contributed by atoms with Gasteiger partial charge in [-0.1, -0.05) is 6.07 Å². The minimum absolute atomic E-state index is 0.0328. The van der Waals surface area contributed by atoms with Crippen molar-refractivity contribution in [3.05, 3.63) is 41.3 Å². The first-order valence-corrected chi connectivity index (χ1v) is 9.07. The average Bonchev–Trinajstić information content (AvgIpc) is 2.44. The van der Waals surface area contributed by atoms with Crippen LogP contribution in [-0.4, -0.2) is 29.8 Å². The number of hydrogen-bond donors (Lipinski definition) is 3. The summed E-state index contributed by atoms with van der Waals surface area (Å²) in [4.78, 5) is 19.1. The van der Waals surface area contributed by atoms with Gasteiger partial charge in [-0.15, -0.1) is 0 Å². The highest BCUT2D eigenvalue weighted by Gasteiger charge is 2.22. The fourth-order valence-corrected chi connectivity index (χ4v) is 3.57. The molecule has 0 atom stereocenters. The maximum atomic E-state index is 12.4. The lowest BCUT2D eigenvalue weighted by molar-refractivity contribution is 0.100. The number of nitrogens with zero attached hydrogens (tertiary/aromatic N) is 2. The van der Waals surface area contributed by atoms with Gasteiger partial charge < -0.3 is 11.1 Å². The lowest BCUT2D eigenvalue weighted by Crippen LogP contribution is -2.40. The highest BCUT2D eigenvalue weighted by Crippen LogP contribution is 2.22. The molecule has 0 saturated carbocycles. The molecule has 0 spiro atoms.